The normalized spacial score (nSPS) is 15.4. The minimum atomic E-state index is -0.499. The van der Waals surface area contributed by atoms with Crippen molar-refractivity contribution in [2.75, 3.05) is 29.2 Å². The van der Waals surface area contributed by atoms with Gasteiger partial charge in [0.15, 0.2) is 0 Å². The van der Waals surface area contributed by atoms with Gasteiger partial charge in [-0.05, 0) is 176 Å². The molecule has 0 bridgehead atoms. The molecule has 0 heterocycles. The Labute approximate surface area is 359 Å². The zero-order chi connectivity index (χ0) is 42.9. The first-order valence-corrected chi connectivity index (χ1v) is 21.9. The zero-order valence-corrected chi connectivity index (χ0v) is 37.8. The maximum Gasteiger partial charge on any atom is 0.311 e. The third-order valence-corrected chi connectivity index (χ3v) is 13.0. The molecule has 6 aromatic carbocycles. The molecule has 2 unspecified atom stereocenters. The van der Waals surface area contributed by atoms with Crippen molar-refractivity contribution in [1.82, 2.24) is 0 Å². The molecule has 0 aromatic heterocycles. The number of hydrogen-bond acceptors (Lipinski definition) is 5. The molecule has 5 nitrogen and oxygen atoms in total. The third kappa shape index (κ3) is 8.64. The van der Waals surface area contributed by atoms with Crippen molar-refractivity contribution in [3.05, 3.63) is 165 Å². The number of nitrogens with one attached hydrogen (secondary N) is 1. The summed E-state index contributed by atoms with van der Waals surface area (Å²) in [6.45, 7) is 19.1. The first-order chi connectivity index (χ1) is 28.7. The van der Waals surface area contributed by atoms with E-state index >= 15 is 0 Å². The smallest absolute Gasteiger partial charge is 0.311 e. The van der Waals surface area contributed by atoms with Gasteiger partial charge in [0, 0.05) is 36.2 Å². The van der Waals surface area contributed by atoms with Crippen LogP contribution in [-0.2, 0) is 9.53 Å². The molecular weight excluding hydrogens is 735 g/mol. The van der Waals surface area contributed by atoms with Gasteiger partial charge in [-0.25, -0.2) is 0 Å². The number of rotatable bonds is 12. The molecule has 6 aromatic rings. The van der Waals surface area contributed by atoms with Crippen molar-refractivity contribution >= 4 is 45.2 Å². The monoisotopic (exact) mass is 798 g/mol. The van der Waals surface area contributed by atoms with Crippen molar-refractivity contribution in [1.29, 1.82) is 0 Å². The van der Waals surface area contributed by atoms with Crippen LogP contribution in [0.1, 0.15) is 103 Å². The molecule has 0 amide bonds. The highest BCUT2D eigenvalue weighted by atomic mass is 16.5. The van der Waals surface area contributed by atoms with E-state index in [1.165, 1.54) is 61.6 Å². The molecule has 1 saturated carbocycles. The Hall–Kier alpha value is -5.68. The fourth-order valence-corrected chi connectivity index (χ4v) is 9.53. The van der Waals surface area contributed by atoms with E-state index in [2.05, 4.69) is 187 Å². The third-order valence-electron chi connectivity index (χ3n) is 13.0. The molecule has 0 saturated heterocycles. The summed E-state index contributed by atoms with van der Waals surface area (Å²) in [5, 5.41) is 6.22. The molecule has 1 fully saturated rings. The van der Waals surface area contributed by atoms with Gasteiger partial charge in [-0.2, -0.15) is 0 Å². The summed E-state index contributed by atoms with van der Waals surface area (Å²) in [4.78, 5) is 17.9. The van der Waals surface area contributed by atoms with Crippen LogP contribution in [0.15, 0.2) is 109 Å². The Balaban J connectivity index is 1.28. The largest absolute Gasteiger partial charge is 0.460 e. The van der Waals surface area contributed by atoms with Crippen molar-refractivity contribution in [3.63, 3.8) is 0 Å². The summed E-state index contributed by atoms with van der Waals surface area (Å²) in [5.41, 5.74) is 16.5. The standard InChI is InChI=1S/C55H64N3O2/c1-12-55(8,9)54(59)60-50-20-16-15-19-49(50)56-48-30-29-47(45-17-13-14-18-46(45)48)51(41-21-25-43(26-22-41)57(10)52-37(4)31-35(2)32-38(52)5)42-23-27-44(28-24-42)58(11)53-39(6)33-36(3)34-40(53)7/h13-14,17-18,21-34,49-50,56H,12,15-16,19-20H2,1-11H3/q+1. The maximum atomic E-state index is 13.3. The fraction of sp³-hybridized carbons (Fsp3) is 0.345. The van der Waals surface area contributed by atoms with Crippen LogP contribution in [0.2, 0.25) is 0 Å². The molecule has 0 spiro atoms. The second-order valence-corrected chi connectivity index (χ2v) is 18.0. The number of hydrogen-bond donors (Lipinski definition) is 1. The van der Waals surface area contributed by atoms with Crippen LogP contribution in [-0.4, -0.2) is 32.2 Å². The lowest BCUT2D eigenvalue weighted by Gasteiger charge is -2.35. The molecule has 2 atom stereocenters. The van der Waals surface area contributed by atoms with E-state index in [0.29, 0.717) is 0 Å². The number of fused-ring (bicyclic) bond motifs is 1. The molecule has 0 aliphatic heterocycles. The molecule has 0 radical (unpaired) electrons. The van der Waals surface area contributed by atoms with Crippen LogP contribution >= 0.6 is 0 Å². The predicted molar refractivity (Wildman–Crippen MR) is 255 cm³/mol. The van der Waals surface area contributed by atoms with Crippen molar-refractivity contribution in [2.45, 2.75) is 107 Å². The van der Waals surface area contributed by atoms with Crippen LogP contribution in [0.5, 0.6) is 0 Å². The molecule has 1 aliphatic carbocycles. The van der Waals surface area contributed by atoms with E-state index in [4.69, 9.17) is 4.74 Å². The predicted octanol–water partition coefficient (Wildman–Crippen LogP) is 13.9. The van der Waals surface area contributed by atoms with Gasteiger partial charge in [-0.1, -0.05) is 60.9 Å². The molecule has 5 heteroatoms. The van der Waals surface area contributed by atoms with Gasteiger partial charge in [-0.15, -0.1) is 0 Å². The minimum Gasteiger partial charge on any atom is -0.460 e. The summed E-state index contributed by atoms with van der Waals surface area (Å²) in [6.07, 6.45) is 4.60. The number of nitrogens with zero attached hydrogens (tertiary/aromatic N) is 2. The number of benzene rings is 6. The second kappa shape index (κ2) is 17.5. The molecule has 7 rings (SSSR count). The number of anilines is 5. The zero-order valence-electron chi connectivity index (χ0n) is 37.8. The summed E-state index contributed by atoms with van der Waals surface area (Å²) in [7, 11) is 4.33. The van der Waals surface area contributed by atoms with Crippen LogP contribution in [0.4, 0.5) is 28.4 Å². The highest BCUT2D eigenvalue weighted by molar-refractivity contribution is 5.98. The van der Waals surface area contributed by atoms with Crippen LogP contribution in [0.25, 0.3) is 10.8 Å². The van der Waals surface area contributed by atoms with Gasteiger partial charge in [0.1, 0.15) is 6.10 Å². The second-order valence-electron chi connectivity index (χ2n) is 18.0. The lowest BCUT2D eigenvalue weighted by atomic mass is 9.82. The van der Waals surface area contributed by atoms with E-state index in [9.17, 15) is 4.79 Å². The Morgan fingerprint density at radius 3 is 1.62 bits per heavy atom. The van der Waals surface area contributed by atoms with Gasteiger partial charge < -0.3 is 19.9 Å². The van der Waals surface area contributed by atoms with Gasteiger partial charge in [0.25, 0.3) is 0 Å². The summed E-state index contributed by atoms with van der Waals surface area (Å²) >= 11 is 0. The van der Waals surface area contributed by atoms with Crippen molar-refractivity contribution in [2.24, 2.45) is 5.41 Å². The van der Waals surface area contributed by atoms with Gasteiger partial charge in [-0.3, -0.25) is 4.79 Å². The number of aryl methyl sites for hydroxylation is 6. The molecule has 1 N–H and O–H groups in total. The first kappa shape index (κ1) is 42.4. The number of ether oxygens (including phenoxy) is 1. The Bertz CT molecular complexity index is 2330. The van der Waals surface area contributed by atoms with E-state index < -0.39 is 5.41 Å². The fourth-order valence-electron chi connectivity index (χ4n) is 9.53. The van der Waals surface area contributed by atoms with E-state index in [-0.39, 0.29) is 18.1 Å². The average molecular weight is 799 g/mol. The number of carbonyl (C=O) groups excluding carboxylic acids is 1. The highest BCUT2D eigenvalue weighted by Gasteiger charge is 2.35. The lowest BCUT2D eigenvalue weighted by Crippen LogP contribution is -2.42. The van der Waals surface area contributed by atoms with Gasteiger partial charge in [0.05, 0.1) is 51.1 Å². The van der Waals surface area contributed by atoms with E-state index in [0.717, 1.165) is 65.7 Å². The number of carbonyl (C=O) groups is 1. The average Bonchev–Trinajstić information content (AvgIpc) is 3.22. The van der Waals surface area contributed by atoms with E-state index in [1.807, 2.05) is 13.8 Å². The van der Waals surface area contributed by atoms with Crippen LogP contribution in [0, 0.1) is 52.9 Å². The van der Waals surface area contributed by atoms with Crippen molar-refractivity contribution in [3.8, 4) is 0 Å². The quantitative estimate of drug-likeness (QED) is 0.0759. The van der Waals surface area contributed by atoms with Crippen LogP contribution in [0.3, 0.4) is 0 Å². The molecule has 310 valence electrons. The molecule has 1 aliphatic rings. The summed E-state index contributed by atoms with van der Waals surface area (Å²) in [6, 6.07) is 40.5. The Morgan fingerprint density at radius 1 is 0.667 bits per heavy atom. The molecular formula is C55H64N3O2+. The summed E-state index contributed by atoms with van der Waals surface area (Å²) in [5.74, 6) is 1.07. The summed E-state index contributed by atoms with van der Waals surface area (Å²) < 4.78 is 6.25. The van der Waals surface area contributed by atoms with Crippen molar-refractivity contribution < 1.29 is 9.53 Å². The Kier molecular flexibility index (Phi) is 12.4. The SMILES string of the molecule is CCC(C)(C)C(=O)OC1CCCCC1Nc1ccc([C+](c2ccc(N(C)c3c(C)cc(C)cc3C)cc2)c2ccc(N(C)c3c(C)cc(C)cc3C)cc2)c2ccccc12. The first-order valence-electron chi connectivity index (χ1n) is 21.9. The topological polar surface area (TPSA) is 44.8 Å². The maximum absolute atomic E-state index is 13.3. The minimum absolute atomic E-state index is 0.0451. The van der Waals surface area contributed by atoms with Gasteiger partial charge in [0.2, 0.25) is 0 Å². The van der Waals surface area contributed by atoms with E-state index in [1.54, 1.807) is 0 Å². The van der Waals surface area contributed by atoms with Crippen LogP contribution < -0.4 is 15.1 Å². The highest BCUT2D eigenvalue weighted by Crippen LogP contribution is 2.41. The molecule has 60 heavy (non-hydrogen) atoms. The lowest BCUT2D eigenvalue weighted by molar-refractivity contribution is -0.161. The van der Waals surface area contributed by atoms with Gasteiger partial charge >= 0.3 is 5.97 Å². The Morgan fingerprint density at radius 2 is 1.13 bits per heavy atom. The number of esters is 1.